The molecule has 0 atom stereocenters. The van der Waals surface area contributed by atoms with E-state index < -0.39 is 6.09 Å². The number of carbonyl (C=O) groups is 1. The lowest BCUT2D eigenvalue weighted by Gasteiger charge is -2.06. The van der Waals surface area contributed by atoms with Crippen molar-refractivity contribution in [1.82, 2.24) is 5.32 Å². The first-order chi connectivity index (χ1) is 8.26. The molecular weight excluding hydrogens is 220 g/mol. The lowest BCUT2D eigenvalue weighted by Crippen LogP contribution is -2.24. The first-order valence-electron chi connectivity index (χ1n) is 5.16. The SMILES string of the molecule is COc1ccc(COC(=O)NCCC#N)cc1. The van der Waals surface area contributed by atoms with Crippen LogP contribution in [0.5, 0.6) is 5.75 Å². The van der Waals surface area contributed by atoms with Gasteiger partial charge in [0.15, 0.2) is 0 Å². The summed E-state index contributed by atoms with van der Waals surface area (Å²) < 4.78 is 9.96. The van der Waals surface area contributed by atoms with E-state index in [4.69, 9.17) is 14.7 Å². The van der Waals surface area contributed by atoms with E-state index in [9.17, 15) is 4.79 Å². The molecule has 0 unspecified atom stereocenters. The van der Waals surface area contributed by atoms with Crippen LogP contribution < -0.4 is 10.1 Å². The van der Waals surface area contributed by atoms with Crippen LogP contribution in [0.4, 0.5) is 4.79 Å². The van der Waals surface area contributed by atoms with Crippen LogP contribution in [0.3, 0.4) is 0 Å². The third-order valence-electron chi connectivity index (χ3n) is 2.04. The van der Waals surface area contributed by atoms with Crippen LogP contribution in [-0.2, 0) is 11.3 Å². The van der Waals surface area contributed by atoms with E-state index >= 15 is 0 Å². The lowest BCUT2D eigenvalue weighted by molar-refractivity contribution is 0.140. The topological polar surface area (TPSA) is 71.3 Å². The van der Waals surface area contributed by atoms with Gasteiger partial charge in [-0.05, 0) is 17.7 Å². The minimum atomic E-state index is -0.518. The Labute approximate surface area is 100.0 Å². The Balaban J connectivity index is 2.29. The van der Waals surface area contributed by atoms with Crippen molar-refractivity contribution in [2.24, 2.45) is 0 Å². The van der Waals surface area contributed by atoms with Crippen molar-refractivity contribution in [3.63, 3.8) is 0 Å². The highest BCUT2D eigenvalue weighted by Crippen LogP contribution is 2.11. The Hall–Kier alpha value is -2.22. The first-order valence-corrected chi connectivity index (χ1v) is 5.16. The van der Waals surface area contributed by atoms with E-state index in [2.05, 4.69) is 5.32 Å². The zero-order valence-electron chi connectivity index (χ0n) is 9.60. The molecule has 0 radical (unpaired) electrons. The van der Waals surface area contributed by atoms with Crippen LogP contribution in [-0.4, -0.2) is 19.7 Å². The molecular formula is C12H14N2O3. The van der Waals surface area contributed by atoms with Crippen LogP contribution in [0, 0.1) is 11.3 Å². The van der Waals surface area contributed by atoms with Crippen molar-refractivity contribution in [1.29, 1.82) is 5.26 Å². The van der Waals surface area contributed by atoms with Crippen molar-refractivity contribution in [3.8, 4) is 11.8 Å². The molecule has 0 aliphatic carbocycles. The van der Waals surface area contributed by atoms with Gasteiger partial charge in [-0.3, -0.25) is 0 Å². The minimum absolute atomic E-state index is 0.197. The van der Waals surface area contributed by atoms with Crippen LogP contribution in [0.15, 0.2) is 24.3 Å². The second kappa shape index (κ2) is 7.12. The number of nitrogens with one attached hydrogen (secondary N) is 1. The van der Waals surface area contributed by atoms with Gasteiger partial charge in [-0.25, -0.2) is 4.79 Å². The highest BCUT2D eigenvalue weighted by Gasteiger charge is 2.01. The molecule has 0 saturated carbocycles. The molecule has 17 heavy (non-hydrogen) atoms. The molecule has 5 heteroatoms. The van der Waals surface area contributed by atoms with Crippen molar-refractivity contribution >= 4 is 6.09 Å². The quantitative estimate of drug-likeness (QED) is 0.789. The molecule has 1 aromatic carbocycles. The maximum Gasteiger partial charge on any atom is 0.407 e. The predicted octanol–water partition coefficient (Wildman–Crippen LogP) is 1.84. The number of alkyl carbamates (subject to hydrolysis) is 1. The summed E-state index contributed by atoms with van der Waals surface area (Å²) in [7, 11) is 1.59. The van der Waals surface area contributed by atoms with E-state index in [0.29, 0.717) is 6.54 Å². The summed E-state index contributed by atoms with van der Waals surface area (Å²) in [5, 5.41) is 10.8. The van der Waals surface area contributed by atoms with Crippen molar-refractivity contribution in [2.75, 3.05) is 13.7 Å². The summed E-state index contributed by atoms with van der Waals surface area (Å²) in [6.45, 7) is 0.500. The van der Waals surface area contributed by atoms with E-state index in [1.807, 2.05) is 18.2 Å². The van der Waals surface area contributed by atoms with Gasteiger partial charge in [-0.1, -0.05) is 12.1 Å². The number of hydrogen-bond acceptors (Lipinski definition) is 4. The summed E-state index contributed by atoms with van der Waals surface area (Å²) in [5.74, 6) is 0.757. The van der Waals surface area contributed by atoms with Gasteiger partial charge < -0.3 is 14.8 Å². The predicted molar refractivity (Wildman–Crippen MR) is 61.4 cm³/mol. The van der Waals surface area contributed by atoms with Crippen molar-refractivity contribution < 1.29 is 14.3 Å². The zero-order valence-corrected chi connectivity index (χ0v) is 9.60. The molecule has 0 heterocycles. The first kappa shape index (κ1) is 12.8. The fraction of sp³-hybridized carbons (Fsp3) is 0.333. The highest BCUT2D eigenvalue weighted by atomic mass is 16.5. The molecule has 0 saturated heterocycles. The van der Waals surface area contributed by atoms with Gasteiger partial charge in [-0.2, -0.15) is 5.26 Å². The Kier molecular flexibility index (Phi) is 5.38. The van der Waals surface area contributed by atoms with Crippen LogP contribution in [0.2, 0.25) is 0 Å². The second-order valence-corrected chi connectivity index (χ2v) is 3.26. The number of benzene rings is 1. The number of amides is 1. The third-order valence-corrected chi connectivity index (χ3v) is 2.04. The number of nitrogens with zero attached hydrogens (tertiary/aromatic N) is 1. The van der Waals surface area contributed by atoms with Gasteiger partial charge in [-0.15, -0.1) is 0 Å². The zero-order chi connectivity index (χ0) is 12.5. The summed E-state index contributed by atoms with van der Waals surface area (Å²) >= 11 is 0. The molecule has 1 aromatic rings. The summed E-state index contributed by atoms with van der Waals surface area (Å²) in [6, 6.07) is 9.16. The molecule has 0 aliphatic rings. The molecule has 1 rings (SSSR count). The van der Waals surface area contributed by atoms with E-state index in [-0.39, 0.29) is 13.0 Å². The number of methoxy groups -OCH3 is 1. The maximum absolute atomic E-state index is 11.1. The molecule has 90 valence electrons. The number of carbonyl (C=O) groups excluding carboxylic acids is 1. The lowest BCUT2D eigenvalue weighted by atomic mass is 10.2. The highest BCUT2D eigenvalue weighted by molar-refractivity contribution is 5.67. The molecule has 5 nitrogen and oxygen atoms in total. The Morgan fingerprint density at radius 3 is 2.71 bits per heavy atom. The monoisotopic (exact) mass is 234 g/mol. The third kappa shape index (κ3) is 4.89. The molecule has 0 bridgehead atoms. The van der Waals surface area contributed by atoms with E-state index in [1.165, 1.54) is 0 Å². The van der Waals surface area contributed by atoms with Crippen molar-refractivity contribution in [3.05, 3.63) is 29.8 Å². The minimum Gasteiger partial charge on any atom is -0.497 e. The average molecular weight is 234 g/mol. The number of nitriles is 1. The summed E-state index contributed by atoms with van der Waals surface area (Å²) in [6.07, 6.45) is -0.242. The van der Waals surface area contributed by atoms with Crippen LogP contribution in [0.1, 0.15) is 12.0 Å². The van der Waals surface area contributed by atoms with Gasteiger partial charge in [0.25, 0.3) is 0 Å². The van der Waals surface area contributed by atoms with Crippen LogP contribution in [0.25, 0.3) is 0 Å². The largest absolute Gasteiger partial charge is 0.497 e. The van der Waals surface area contributed by atoms with Gasteiger partial charge in [0.1, 0.15) is 12.4 Å². The molecule has 1 amide bonds. The number of ether oxygens (including phenoxy) is 2. The molecule has 0 aromatic heterocycles. The van der Waals surface area contributed by atoms with Crippen LogP contribution >= 0.6 is 0 Å². The smallest absolute Gasteiger partial charge is 0.407 e. The fourth-order valence-corrected chi connectivity index (χ4v) is 1.14. The molecule has 0 fully saturated rings. The number of rotatable bonds is 5. The van der Waals surface area contributed by atoms with E-state index in [0.717, 1.165) is 11.3 Å². The maximum atomic E-state index is 11.1. The fourth-order valence-electron chi connectivity index (χ4n) is 1.14. The van der Waals surface area contributed by atoms with E-state index in [1.54, 1.807) is 19.2 Å². The molecule has 0 spiro atoms. The average Bonchev–Trinajstić information content (AvgIpc) is 2.37. The normalized spacial score (nSPS) is 9.18. The Bertz CT molecular complexity index is 395. The standard InChI is InChI=1S/C12H14N2O3/c1-16-11-5-3-10(4-6-11)9-17-12(15)14-8-2-7-13/h3-6H,2,8-9H2,1H3,(H,14,15). The van der Waals surface area contributed by atoms with Gasteiger partial charge in [0, 0.05) is 6.54 Å². The van der Waals surface area contributed by atoms with Gasteiger partial charge in [0.05, 0.1) is 19.6 Å². The number of hydrogen-bond donors (Lipinski definition) is 1. The summed E-state index contributed by atoms with van der Waals surface area (Å²) in [4.78, 5) is 11.1. The Morgan fingerprint density at radius 1 is 1.41 bits per heavy atom. The van der Waals surface area contributed by atoms with Gasteiger partial charge >= 0.3 is 6.09 Å². The molecule has 1 N–H and O–H groups in total. The molecule has 0 aliphatic heterocycles. The second-order valence-electron chi connectivity index (χ2n) is 3.26. The van der Waals surface area contributed by atoms with Crippen molar-refractivity contribution in [2.45, 2.75) is 13.0 Å². The van der Waals surface area contributed by atoms with Gasteiger partial charge in [0.2, 0.25) is 0 Å². The Morgan fingerprint density at radius 2 is 2.12 bits per heavy atom. The summed E-state index contributed by atoms with van der Waals surface area (Å²) in [5.41, 5.74) is 0.876.